The van der Waals surface area contributed by atoms with Crippen molar-refractivity contribution in [2.45, 2.75) is 6.42 Å². The third-order valence-corrected chi connectivity index (χ3v) is 3.81. The Morgan fingerprint density at radius 1 is 1.00 bits per heavy atom. The van der Waals surface area contributed by atoms with Crippen molar-refractivity contribution < 1.29 is 14.6 Å². The van der Waals surface area contributed by atoms with Crippen LogP contribution in [0.4, 0.5) is 0 Å². The van der Waals surface area contributed by atoms with Crippen LogP contribution in [0.3, 0.4) is 0 Å². The zero-order chi connectivity index (χ0) is 14.0. The van der Waals surface area contributed by atoms with Gasteiger partial charge in [0.15, 0.2) is 0 Å². The van der Waals surface area contributed by atoms with E-state index in [4.69, 9.17) is 4.74 Å². The molecule has 1 aliphatic rings. The largest absolute Gasteiger partial charge is 0.481 e. The summed E-state index contributed by atoms with van der Waals surface area (Å²) in [7, 11) is 0. The molecule has 0 saturated carbocycles. The van der Waals surface area contributed by atoms with E-state index < -0.39 is 11.4 Å². The molecule has 0 bridgehead atoms. The van der Waals surface area contributed by atoms with Crippen molar-refractivity contribution in [3.8, 4) is 11.1 Å². The first kappa shape index (κ1) is 12.9. The average Bonchev–Trinajstić information content (AvgIpc) is 2.44. The molecule has 1 aliphatic heterocycles. The Morgan fingerprint density at radius 2 is 1.60 bits per heavy atom. The molecule has 0 radical (unpaired) electrons. The normalized spacial score (nSPS) is 16.4. The fourth-order valence-electron chi connectivity index (χ4n) is 2.49. The number of carboxylic acid groups (broad SMARTS) is 1. The molecule has 0 aromatic heterocycles. The summed E-state index contributed by atoms with van der Waals surface area (Å²) in [4.78, 5) is 11.3. The van der Waals surface area contributed by atoms with Gasteiger partial charge in [-0.25, -0.2) is 0 Å². The van der Waals surface area contributed by atoms with Gasteiger partial charge in [0.25, 0.3) is 0 Å². The lowest BCUT2D eigenvalue weighted by Crippen LogP contribution is -2.50. The Bertz CT molecular complexity index is 598. The second-order valence-corrected chi connectivity index (χ2v) is 5.32. The summed E-state index contributed by atoms with van der Waals surface area (Å²) < 4.78 is 5.08. The SMILES string of the molecule is O=C(O)C1(Cc2ccc(-c3ccccc3)cc2)COC1. The lowest BCUT2D eigenvalue weighted by atomic mass is 9.80. The number of ether oxygens (including phenoxy) is 1. The third-order valence-electron chi connectivity index (χ3n) is 3.81. The zero-order valence-electron chi connectivity index (χ0n) is 11.1. The molecule has 102 valence electrons. The van der Waals surface area contributed by atoms with Gasteiger partial charge in [-0.05, 0) is 23.1 Å². The first-order valence-corrected chi connectivity index (χ1v) is 6.65. The van der Waals surface area contributed by atoms with Crippen LogP contribution >= 0.6 is 0 Å². The fraction of sp³-hybridized carbons (Fsp3) is 0.235. The summed E-state index contributed by atoms with van der Waals surface area (Å²) in [6, 6.07) is 18.2. The van der Waals surface area contributed by atoms with Crippen LogP contribution < -0.4 is 0 Å². The maximum atomic E-state index is 11.3. The summed E-state index contributed by atoms with van der Waals surface area (Å²) in [6.07, 6.45) is 0.525. The molecule has 0 unspecified atom stereocenters. The van der Waals surface area contributed by atoms with Crippen molar-refractivity contribution in [3.63, 3.8) is 0 Å². The van der Waals surface area contributed by atoms with Gasteiger partial charge >= 0.3 is 5.97 Å². The predicted octanol–water partition coefficient (Wildman–Crippen LogP) is 3.00. The van der Waals surface area contributed by atoms with E-state index in [1.54, 1.807) is 0 Å². The van der Waals surface area contributed by atoms with Gasteiger partial charge in [-0.1, -0.05) is 54.6 Å². The molecule has 0 amide bonds. The number of aliphatic carboxylic acids is 1. The number of hydrogen-bond donors (Lipinski definition) is 1. The highest BCUT2D eigenvalue weighted by Crippen LogP contribution is 2.32. The minimum atomic E-state index is -0.768. The van der Waals surface area contributed by atoms with Gasteiger partial charge in [0.05, 0.1) is 13.2 Å². The van der Waals surface area contributed by atoms with Crippen LogP contribution in [-0.4, -0.2) is 24.3 Å². The molecule has 1 heterocycles. The topological polar surface area (TPSA) is 46.5 Å². The van der Waals surface area contributed by atoms with Crippen LogP contribution in [-0.2, 0) is 16.0 Å². The molecular weight excluding hydrogens is 252 g/mol. The molecule has 0 aliphatic carbocycles. The number of carbonyl (C=O) groups is 1. The highest BCUT2D eigenvalue weighted by molar-refractivity contribution is 5.76. The van der Waals surface area contributed by atoms with Crippen LogP contribution in [0.1, 0.15) is 5.56 Å². The Balaban J connectivity index is 1.78. The average molecular weight is 268 g/mol. The van der Waals surface area contributed by atoms with Crippen molar-refractivity contribution >= 4 is 5.97 Å². The van der Waals surface area contributed by atoms with Crippen LogP contribution in [0.5, 0.6) is 0 Å². The Kier molecular flexibility index (Phi) is 3.28. The van der Waals surface area contributed by atoms with Crippen LogP contribution in [0.25, 0.3) is 11.1 Å². The van der Waals surface area contributed by atoms with Gasteiger partial charge in [0.2, 0.25) is 0 Å². The van der Waals surface area contributed by atoms with Gasteiger partial charge in [-0.15, -0.1) is 0 Å². The quantitative estimate of drug-likeness (QED) is 0.927. The standard InChI is InChI=1S/C17H16O3/c18-16(19)17(11-20-12-17)10-13-6-8-15(9-7-13)14-4-2-1-3-5-14/h1-9H,10-12H2,(H,18,19). The van der Waals surface area contributed by atoms with E-state index in [0.29, 0.717) is 19.6 Å². The maximum absolute atomic E-state index is 11.3. The van der Waals surface area contributed by atoms with Crippen LogP contribution in [0.15, 0.2) is 54.6 Å². The second kappa shape index (κ2) is 5.10. The van der Waals surface area contributed by atoms with Gasteiger partial charge in [-0.2, -0.15) is 0 Å². The number of benzene rings is 2. The first-order valence-electron chi connectivity index (χ1n) is 6.65. The van der Waals surface area contributed by atoms with E-state index in [1.165, 1.54) is 5.56 Å². The lowest BCUT2D eigenvalue weighted by molar-refractivity contribution is -0.179. The Morgan fingerprint density at radius 3 is 2.10 bits per heavy atom. The zero-order valence-corrected chi connectivity index (χ0v) is 11.1. The number of hydrogen-bond acceptors (Lipinski definition) is 2. The molecule has 1 fully saturated rings. The molecule has 0 spiro atoms. The number of rotatable bonds is 4. The molecule has 0 atom stereocenters. The molecule has 20 heavy (non-hydrogen) atoms. The van der Waals surface area contributed by atoms with E-state index in [0.717, 1.165) is 11.1 Å². The van der Waals surface area contributed by atoms with Crippen LogP contribution in [0.2, 0.25) is 0 Å². The van der Waals surface area contributed by atoms with Crippen molar-refractivity contribution in [2.24, 2.45) is 5.41 Å². The van der Waals surface area contributed by atoms with Gasteiger partial charge in [0, 0.05) is 0 Å². The summed E-state index contributed by atoms with van der Waals surface area (Å²) in [5, 5.41) is 9.30. The monoisotopic (exact) mass is 268 g/mol. The van der Waals surface area contributed by atoms with Crippen LogP contribution in [0, 0.1) is 5.41 Å². The molecule has 1 saturated heterocycles. The molecular formula is C17H16O3. The summed E-state index contributed by atoms with van der Waals surface area (Å²) in [6.45, 7) is 0.617. The van der Waals surface area contributed by atoms with Crippen molar-refractivity contribution in [3.05, 3.63) is 60.2 Å². The maximum Gasteiger partial charge on any atom is 0.314 e. The minimum absolute atomic E-state index is 0.308. The Hall–Kier alpha value is -2.13. The van der Waals surface area contributed by atoms with E-state index in [2.05, 4.69) is 12.1 Å². The van der Waals surface area contributed by atoms with Crippen molar-refractivity contribution in [1.29, 1.82) is 0 Å². The smallest absolute Gasteiger partial charge is 0.314 e. The molecule has 1 N–H and O–H groups in total. The molecule has 3 heteroatoms. The molecule has 3 nitrogen and oxygen atoms in total. The van der Waals surface area contributed by atoms with Gasteiger partial charge in [-0.3, -0.25) is 4.79 Å². The summed E-state index contributed by atoms with van der Waals surface area (Å²) in [5.74, 6) is -0.768. The summed E-state index contributed by atoms with van der Waals surface area (Å²) >= 11 is 0. The van der Waals surface area contributed by atoms with Crippen molar-refractivity contribution in [1.82, 2.24) is 0 Å². The molecule has 2 aromatic carbocycles. The third kappa shape index (κ3) is 2.32. The van der Waals surface area contributed by atoms with Gasteiger partial charge in [0.1, 0.15) is 5.41 Å². The predicted molar refractivity (Wildman–Crippen MR) is 76.5 cm³/mol. The highest BCUT2D eigenvalue weighted by atomic mass is 16.5. The van der Waals surface area contributed by atoms with E-state index in [9.17, 15) is 9.90 Å². The lowest BCUT2D eigenvalue weighted by Gasteiger charge is -2.37. The van der Waals surface area contributed by atoms with E-state index in [1.807, 2.05) is 42.5 Å². The highest BCUT2D eigenvalue weighted by Gasteiger charge is 2.46. The first-order chi connectivity index (χ1) is 9.70. The molecule has 2 aromatic rings. The van der Waals surface area contributed by atoms with Gasteiger partial charge < -0.3 is 9.84 Å². The van der Waals surface area contributed by atoms with E-state index >= 15 is 0 Å². The summed E-state index contributed by atoms with van der Waals surface area (Å²) in [5.41, 5.74) is 2.62. The Labute approximate surface area is 117 Å². The van der Waals surface area contributed by atoms with E-state index in [-0.39, 0.29) is 0 Å². The van der Waals surface area contributed by atoms with Crippen molar-refractivity contribution in [2.75, 3.05) is 13.2 Å². The fourth-order valence-corrected chi connectivity index (χ4v) is 2.49. The molecule has 3 rings (SSSR count). The minimum Gasteiger partial charge on any atom is -0.481 e. The second-order valence-electron chi connectivity index (χ2n) is 5.32. The number of carboxylic acids is 1.